The quantitative estimate of drug-likeness (QED) is 0.563. The van der Waals surface area contributed by atoms with Crippen molar-refractivity contribution in [3.63, 3.8) is 0 Å². The molecule has 0 N–H and O–H groups in total. The van der Waals surface area contributed by atoms with E-state index in [9.17, 15) is 9.59 Å². The van der Waals surface area contributed by atoms with Crippen molar-refractivity contribution < 1.29 is 19.1 Å². The van der Waals surface area contributed by atoms with E-state index in [-0.39, 0.29) is 11.6 Å². The fourth-order valence-electron chi connectivity index (χ4n) is 1.28. The van der Waals surface area contributed by atoms with Gasteiger partial charge < -0.3 is 9.47 Å². The van der Waals surface area contributed by atoms with Crippen molar-refractivity contribution in [2.24, 2.45) is 4.99 Å². The van der Waals surface area contributed by atoms with Gasteiger partial charge >= 0.3 is 11.9 Å². The molecule has 0 saturated carbocycles. The fraction of sp³-hybridized carbons (Fsp3) is 0.0833. The van der Waals surface area contributed by atoms with Gasteiger partial charge in [0, 0.05) is 5.56 Å². The molecule has 0 aliphatic carbocycles. The minimum Gasteiger partial charge on any atom is -0.466 e. The van der Waals surface area contributed by atoms with E-state index in [1.165, 1.54) is 7.11 Å². The summed E-state index contributed by atoms with van der Waals surface area (Å²) in [6.45, 7) is 0. The largest absolute Gasteiger partial charge is 0.466 e. The zero-order valence-electron chi connectivity index (χ0n) is 9.04. The van der Waals surface area contributed by atoms with Gasteiger partial charge in [0.05, 0.1) is 13.2 Å². The molecule has 1 aromatic carbocycles. The summed E-state index contributed by atoms with van der Waals surface area (Å²) in [7, 11) is 1.22. The number of esters is 2. The van der Waals surface area contributed by atoms with Gasteiger partial charge in [0.15, 0.2) is 5.70 Å². The van der Waals surface area contributed by atoms with Gasteiger partial charge in [-0.25, -0.2) is 14.6 Å². The third-order valence-corrected chi connectivity index (χ3v) is 2.10. The lowest BCUT2D eigenvalue weighted by atomic mass is 10.2. The van der Waals surface area contributed by atoms with E-state index in [0.29, 0.717) is 5.56 Å². The van der Waals surface area contributed by atoms with Crippen LogP contribution in [0.1, 0.15) is 5.56 Å². The molecular weight excluding hydrogens is 222 g/mol. The number of rotatable bonds is 2. The number of carbonyl (C=O) groups excluding carboxylic acids is 2. The topological polar surface area (TPSA) is 65.0 Å². The van der Waals surface area contributed by atoms with Crippen molar-refractivity contribution in [2.75, 3.05) is 7.11 Å². The van der Waals surface area contributed by atoms with Crippen molar-refractivity contribution >= 4 is 17.8 Å². The molecule has 0 amide bonds. The van der Waals surface area contributed by atoms with Gasteiger partial charge in [-0.2, -0.15) is 0 Å². The lowest BCUT2D eigenvalue weighted by molar-refractivity contribution is -0.136. The highest BCUT2D eigenvalue weighted by molar-refractivity contribution is 6.12. The van der Waals surface area contributed by atoms with E-state index in [4.69, 9.17) is 4.74 Å². The lowest BCUT2D eigenvalue weighted by Crippen LogP contribution is -2.06. The van der Waals surface area contributed by atoms with Crippen LogP contribution in [0.2, 0.25) is 0 Å². The normalized spacial score (nSPS) is 16.6. The number of benzene rings is 1. The Bertz CT molecular complexity index is 517. The first-order valence-electron chi connectivity index (χ1n) is 4.86. The van der Waals surface area contributed by atoms with Crippen LogP contribution >= 0.6 is 0 Å². The summed E-state index contributed by atoms with van der Waals surface area (Å²) >= 11 is 0. The van der Waals surface area contributed by atoms with E-state index < -0.39 is 11.9 Å². The molecule has 5 heteroatoms. The number of hydrogen-bond donors (Lipinski definition) is 0. The second kappa shape index (κ2) is 4.61. The highest BCUT2D eigenvalue weighted by Gasteiger charge is 2.24. The standard InChI is InChI=1S/C12H9NO4/c1-16-10(14)7-9-12(15)17-11(13-9)8-5-3-2-4-6-8/h2-7H,1H3/b9-7+. The summed E-state index contributed by atoms with van der Waals surface area (Å²) in [6.07, 6.45) is 0.998. The molecule has 2 rings (SSSR count). The van der Waals surface area contributed by atoms with Gasteiger partial charge in [-0.3, -0.25) is 0 Å². The molecule has 1 heterocycles. The Balaban J connectivity index is 2.29. The maximum absolute atomic E-state index is 11.4. The first-order chi connectivity index (χ1) is 8.20. The van der Waals surface area contributed by atoms with Gasteiger partial charge in [-0.15, -0.1) is 0 Å². The van der Waals surface area contributed by atoms with Crippen LogP contribution in [0.3, 0.4) is 0 Å². The van der Waals surface area contributed by atoms with Gasteiger partial charge in [-0.05, 0) is 12.1 Å². The highest BCUT2D eigenvalue weighted by Crippen LogP contribution is 2.15. The Morgan fingerprint density at radius 1 is 1.35 bits per heavy atom. The molecule has 5 nitrogen and oxygen atoms in total. The zero-order valence-corrected chi connectivity index (χ0v) is 9.04. The van der Waals surface area contributed by atoms with Crippen molar-refractivity contribution in [1.82, 2.24) is 0 Å². The average Bonchev–Trinajstić information content (AvgIpc) is 2.72. The monoisotopic (exact) mass is 231 g/mol. The van der Waals surface area contributed by atoms with Gasteiger partial charge in [0.2, 0.25) is 5.90 Å². The van der Waals surface area contributed by atoms with Crippen molar-refractivity contribution in [3.8, 4) is 0 Å². The van der Waals surface area contributed by atoms with Crippen LogP contribution in [-0.2, 0) is 19.1 Å². The fourth-order valence-corrected chi connectivity index (χ4v) is 1.28. The lowest BCUT2D eigenvalue weighted by Gasteiger charge is -1.97. The van der Waals surface area contributed by atoms with Crippen molar-refractivity contribution in [2.45, 2.75) is 0 Å². The number of nitrogens with zero attached hydrogens (tertiary/aromatic N) is 1. The van der Waals surface area contributed by atoms with Crippen molar-refractivity contribution in [3.05, 3.63) is 47.7 Å². The Morgan fingerprint density at radius 2 is 2.06 bits per heavy atom. The molecule has 1 aliphatic rings. The van der Waals surface area contributed by atoms with E-state index in [0.717, 1.165) is 6.08 Å². The number of aliphatic imine (C=N–C) groups is 1. The Hall–Kier alpha value is -2.43. The first kappa shape index (κ1) is 11.1. The second-order valence-corrected chi connectivity index (χ2v) is 3.23. The Kier molecular flexibility index (Phi) is 3.00. The van der Waals surface area contributed by atoms with E-state index in [2.05, 4.69) is 9.73 Å². The molecule has 0 saturated heterocycles. The third kappa shape index (κ3) is 2.39. The van der Waals surface area contributed by atoms with Crippen LogP contribution in [0.25, 0.3) is 0 Å². The van der Waals surface area contributed by atoms with Gasteiger partial charge in [0.25, 0.3) is 0 Å². The van der Waals surface area contributed by atoms with Crippen LogP contribution in [0.5, 0.6) is 0 Å². The Morgan fingerprint density at radius 3 is 2.71 bits per heavy atom. The van der Waals surface area contributed by atoms with Crippen LogP contribution in [-0.4, -0.2) is 24.9 Å². The minimum atomic E-state index is -0.658. The molecule has 0 atom stereocenters. The van der Waals surface area contributed by atoms with E-state index >= 15 is 0 Å². The minimum absolute atomic E-state index is 0.0595. The molecule has 0 radical (unpaired) electrons. The number of hydrogen-bond acceptors (Lipinski definition) is 5. The van der Waals surface area contributed by atoms with E-state index in [1.807, 2.05) is 6.07 Å². The second-order valence-electron chi connectivity index (χ2n) is 3.23. The van der Waals surface area contributed by atoms with Crippen LogP contribution < -0.4 is 0 Å². The summed E-state index contributed by atoms with van der Waals surface area (Å²) in [5.74, 6) is -1.12. The highest BCUT2D eigenvalue weighted by atomic mass is 16.6. The molecule has 0 fully saturated rings. The number of cyclic esters (lactones) is 1. The number of ether oxygens (including phenoxy) is 2. The zero-order chi connectivity index (χ0) is 12.3. The van der Waals surface area contributed by atoms with Crippen LogP contribution in [0.4, 0.5) is 0 Å². The molecular formula is C12H9NO4. The smallest absolute Gasteiger partial charge is 0.364 e. The summed E-state index contributed by atoms with van der Waals surface area (Å²) in [6, 6.07) is 8.95. The molecule has 0 spiro atoms. The number of methoxy groups -OCH3 is 1. The molecule has 86 valence electrons. The van der Waals surface area contributed by atoms with E-state index in [1.54, 1.807) is 24.3 Å². The van der Waals surface area contributed by atoms with Gasteiger partial charge in [-0.1, -0.05) is 18.2 Å². The summed E-state index contributed by atoms with van der Waals surface area (Å²) < 4.78 is 9.35. The summed E-state index contributed by atoms with van der Waals surface area (Å²) in [5, 5.41) is 0. The summed E-state index contributed by atoms with van der Waals surface area (Å²) in [4.78, 5) is 26.3. The maximum atomic E-state index is 11.4. The Labute approximate surface area is 97.4 Å². The third-order valence-electron chi connectivity index (χ3n) is 2.10. The molecule has 17 heavy (non-hydrogen) atoms. The van der Waals surface area contributed by atoms with Crippen LogP contribution in [0, 0.1) is 0 Å². The SMILES string of the molecule is COC(=O)/C=C1/N=C(c2ccccc2)OC1=O. The number of carbonyl (C=O) groups is 2. The molecule has 0 unspecified atom stereocenters. The van der Waals surface area contributed by atoms with Crippen LogP contribution in [0.15, 0.2) is 47.1 Å². The maximum Gasteiger partial charge on any atom is 0.364 e. The summed E-state index contributed by atoms with van der Waals surface area (Å²) in [5.41, 5.74) is 0.616. The molecule has 1 aliphatic heterocycles. The molecule has 0 aromatic heterocycles. The predicted molar refractivity (Wildman–Crippen MR) is 59.2 cm³/mol. The first-order valence-corrected chi connectivity index (χ1v) is 4.86. The predicted octanol–water partition coefficient (Wildman–Crippen LogP) is 1.05. The van der Waals surface area contributed by atoms with Gasteiger partial charge in [0.1, 0.15) is 0 Å². The molecule has 1 aromatic rings. The van der Waals surface area contributed by atoms with Crippen molar-refractivity contribution in [1.29, 1.82) is 0 Å². The molecule has 0 bridgehead atoms. The average molecular weight is 231 g/mol.